The van der Waals surface area contributed by atoms with Gasteiger partial charge in [0, 0.05) is 12.0 Å². The minimum absolute atomic E-state index is 0.139. The van der Waals surface area contributed by atoms with Crippen LogP contribution in [0.15, 0.2) is 30.3 Å². The molecule has 0 aliphatic carbocycles. The number of hydrogen-bond acceptors (Lipinski definition) is 2. The first kappa shape index (κ1) is 13.2. The molecule has 0 amide bonds. The van der Waals surface area contributed by atoms with Gasteiger partial charge in [-0.15, -0.1) is 0 Å². The van der Waals surface area contributed by atoms with E-state index in [4.69, 9.17) is 5.11 Å². The zero-order valence-corrected chi connectivity index (χ0v) is 10.5. The number of aliphatic hydroxyl groups excluding tert-OH is 1. The van der Waals surface area contributed by atoms with Gasteiger partial charge in [-0.05, 0) is 25.5 Å². The van der Waals surface area contributed by atoms with Gasteiger partial charge in [0.25, 0.3) is 0 Å². The Bertz CT molecular complexity index is 293. The third-order valence-corrected chi connectivity index (χ3v) is 2.86. The molecule has 0 fully saturated rings. The first-order chi connectivity index (χ1) is 7.52. The Kier molecular flexibility index (Phi) is 4.97. The van der Waals surface area contributed by atoms with Gasteiger partial charge in [-0.3, -0.25) is 0 Å². The van der Waals surface area contributed by atoms with Crippen LogP contribution in [0.25, 0.3) is 0 Å². The van der Waals surface area contributed by atoms with Crippen LogP contribution in [-0.4, -0.2) is 24.3 Å². The van der Waals surface area contributed by atoms with Crippen LogP contribution in [0, 0.1) is 0 Å². The second kappa shape index (κ2) is 6.02. The molecule has 0 radical (unpaired) electrons. The van der Waals surface area contributed by atoms with Gasteiger partial charge >= 0.3 is 0 Å². The summed E-state index contributed by atoms with van der Waals surface area (Å²) in [6, 6.07) is 10.5. The summed E-state index contributed by atoms with van der Waals surface area (Å²) in [5, 5.41) is 12.6. The molecule has 1 aromatic carbocycles. The maximum Gasteiger partial charge on any atom is 0.0524 e. The number of hydrogen-bond donors (Lipinski definition) is 2. The van der Waals surface area contributed by atoms with Crippen molar-refractivity contribution in [3.05, 3.63) is 35.9 Å². The van der Waals surface area contributed by atoms with Gasteiger partial charge in [0.1, 0.15) is 0 Å². The highest BCUT2D eigenvalue weighted by Gasteiger charge is 2.19. The Morgan fingerprint density at radius 1 is 1.25 bits per heavy atom. The monoisotopic (exact) mass is 221 g/mol. The fraction of sp³-hybridized carbons (Fsp3) is 0.571. The van der Waals surface area contributed by atoms with Gasteiger partial charge in [0.05, 0.1) is 6.10 Å². The van der Waals surface area contributed by atoms with Crippen LogP contribution in [-0.2, 0) is 5.41 Å². The molecule has 0 aliphatic rings. The van der Waals surface area contributed by atoms with E-state index in [2.05, 4.69) is 43.4 Å². The van der Waals surface area contributed by atoms with E-state index < -0.39 is 0 Å². The fourth-order valence-corrected chi connectivity index (χ4v) is 1.70. The van der Waals surface area contributed by atoms with Crippen molar-refractivity contribution >= 4 is 0 Å². The molecule has 1 aromatic rings. The minimum atomic E-state index is -0.215. The average Bonchev–Trinajstić information content (AvgIpc) is 2.26. The van der Waals surface area contributed by atoms with Crippen LogP contribution in [0.3, 0.4) is 0 Å². The first-order valence-electron chi connectivity index (χ1n) is 5.97. The number of rotatable bonds is 6. The van der Waals surface area contributed by atoms with E-state index in [1.54, 1.807) is 0 Å². The summed E-state index contributed by atoms with van der Waals surface area (Å²) >= 11 is 0. The van der Waals surface area contributed by atoms with Gasteiger partial charge < -0.3 is 10.4 Å². The molecule has 0 saturated heterocycles. The quantitative estimate of drug-likeness (QED) is 0.723. The van der Waals surface area contributed by atoms with Crippen molar-refractivity contribution in [2.75, 3.05) is 13.1 Å². The van der Waals surface area contributed by atoms with Gasteiger partial charge in [-0.2, -0.15) is 0 Å². The van der Waals surface area contributed by atoms with Crippen molar-refractivity contribution < 1.29 is 5.11 Å². The Balaban J connectivity index is 2.40. The van der Waals surface area contributed by atoms with E-state index in [9.17, 15) is 0 Å². The highest BCUT2D eigenvalue weighted by Crippen LogP contribution is 2.21. The summed E-state index contributed by atoms with van der Waals surface area (Å²) in [5.74, 6) is 0. The maximum absolute atomic E-state index is 9.16. The average molecular weight is 221 g/mol. The number of aliphatic hydroxyl groups is 1. The van der Waals surface area contributed by atoms with Crippen LogP contribution in [0.1, 0.15) is 32.8 Å². The summed E-state index contributed by atoms with van der Waals surface area (Å²) in [6.45, 7) is 8.09. The minimum Gasteiger partial charge on any atom is -0.393 e. The summed E-state index contributed by atoms with van der Waals surface area (Å²) < 4.78 is 0. The first-order valence-corrected chi connectivity index (χ1v) is 5.97. The van der Waals surface area contributed by atoms with Gasteiger partial charge in [-0.25, -0.2) is 0 Å². The van der Waals surface area contributed by atoms with E-state index in [1.165, 1.54) is 5.56 Å². The smallest absolute Gasteiger partial charge is 0.0524 e. The molecular formula is C14H23NO. The van der Waals surface area contributed by atoms with Gasteiger partial charge in [-0.1, -0.05) is 44.2 Å². The topological polar surface area (TPSA) is 32.3 Å². The molecule has 0 spiro atoms. The lowest BCUT2D eigenvalue weighted by molar-refractivity contribution is 0.183. The highest BCUT2D eigenvalue weighted by atomic mass is 16.3. The SMILES string of the molecule is CC(O)CCNCC(C)(C)c1ccccc1. The van der Waals surface area contributed by atoms with Crippen molar-refractivity contribution in [3.8, 4) is 0 Å². The molecule has 1 rings (SSSR count). The molecule has 16 heavy (non-hydrogen) atoms. The van der Waals surface area contributed by atoms with Crippen LogP contribution >= 0.6 is 0 Å². The summed E-state index contributed by atoms with van der Waals surface area (Å²) in [4.78, 5) is 0. The van der Waals surface area contributed by atoms with Crippen LogP contribution < -0.4 is 5.32 Å². The standard InChI is InChI=1S/C14H23NO/c1-12(16)9-10-15-11-14(2,3)13-7-5-4-6-8-13/h4-8,12,15-16H,9-11H2,1-3H3. The van der Waals surface area contributed by atoms with Crippen LogP contribution in [0.2, 0.25) is 0 Å². The van der Waals surface area contributed by atoms with Crippen LogP contribution in [0.4, 0.5) is 0 Å². The molecule has 2 N–H and O–H groups in total. The summed E-state index contributed by atoms with van der Waals surface area (Å²) in [7, 11) is 0. The van der Waals surface area contributed by atoms with Gasteiger partial charge in [0.15, 0.2) is 0 Å². The molecule has 0 heterocycles. The van der Waals surface area contributed by atoms with E-state index in [0.717, 1.165) is 19.5 Å². The molecule has 0 bridgehead atoms. The molecular weight excluding hydrogens is 198 g/mol. The molecule has 1 unspecified atom stereocenters. The van der Waals surface area contributed by atoms with Crippen molar-refractivity contribution in [1.29, 1.82) is 0 Å². The number of benzene rings is 1. The van der Waals surface area contributed by atoms with E-state index in [-0.39, 0.29) is 11.5 Å². The lowest BCUT2D eigenvalue weighted by Crippen LogP contribution is -2.34. The fourth-order valence-electron chi connectivity index (χ4n) is 1.70. The normalized spacial score (nSPS) is 13.8. The molecule has 1 atom stereocenters. The Morgan fingerprint density at radius 2 is 1.88 bits per heavy atom. The van der Waals surface area contributed by atoms with Crippen molar-refractivity contribution in [2.24, 2.45) is 0 Å². The predicted molar refractivity (Wildman–Crippen MR) is 68.6 cm³/mol. The zero-order chi connectivity index (χ0) is 12.0. The summed E-state index contributed by atoms with van der Waals surface area (Å²) in [6.07, 6.45) is 0.595. The van der Waals surface area contributed by atoms with Gasteiger partial charge in [0.2, 0.25) is 0 Å². The van der Waals surface area contributed by atoms with Crippen molar-refractivity contribution in [3.63, 3.8) is 0 Å². The Morgan fingerprint density at radius 3 is 2.44 bits per heavy atom. The van der Waals surface area contributed by atoms with Crippen molar-refractivity contribution in [2.45, 2.75) is 38.7 Å². The molecule has 2 heteroatoms. The second-order valence-electron chi connectivity index (χ2n) is 5.06. The predicted octanol–water partition coefficient (Wildman–Crippen LogP) is 2.32. The number of nitrogens with one attached hydrogen (secondary N) is 1. The van der Waals surface area contributed by atoms with Crippen molar-refractivity contribution in [1.82, 2.24) is 5.32 Å². The van der Waals surface area contributed by atoms with E-state index >= 15 is 0 Å². The van der Waals surface area contributed by atoms with E-state index in [1.807, 2.05) is 13.0 Å². The summed E-state index contributed by atoms with van der Waals surface area (Å²) in [5.41, 5.74) is 1.49. The Labute approximate surface area is 98.7 Å². The lowest BCUT2D eigenvalue weighted by atomic mass is 9.84. The lowest BCUT2D eigenvalue weighted by Gasteiger charge is -2.26. The highest BCUT2D eigenvalue weighted by molar-refractivity contribution is 5.23. The third kappa shape index (κ3) is 4.33. The van der Waals surface area contributed by atoms with E-state index in [0.29, 0.717) is 0 Å². The molecule has 0 aromatic heterocycles. The maximum atomic E-state index is 9.16. The largest absolute Gasteiger partial charge is 0.393 e. The third-order valence-electron chi connectivity index (χ3n) is 2.86. The molecule has 90 valence electrons. The zero-order valence-electron chi connectivity index (χ0n) is 10.5. The molecule has 2 nitrogen and oxygen atoms in total. The molecule has 0 saturated carbocycles. The van der Waals surface area contributed by atoms with Crippen LogP contribution in [0.5, 0.6) is 0 Å². The Hall–Kier alpha value is -0.860. The molecule has 0 aliphatic heterocycles. The second-order valence-corrected chi connectivity index (χ2v) is 5.06.